The molecule has 2 heterocycles. The summed E-state index contributed by atoms with van der Waals surface area (Å²) in [6.45, 7) is 1.95. The third-order valence-corrected chi connectivity index (χ3v) is 4.65. The van der Waals surface area contributed by atoms with Crippen molar-refractivity contribution >= 4 is 22.4 Å². The van der Waals surface area contributed by atoms with Gasteiger partial charge in [0.15, 0.2) is 0 Å². The highest BCUT2D eigenvalue weighted by Gasteiger charge is 2.19. The van der Waals surface area contributed by atoms with E-state index >= 15 is 0 Å². The molecule has 4 rings (SSSR count). The maximum absolute atomic E-state index is 11.5. The predicted octanol–water partition coefficient (Wildman–Crippen LogP) is 5.38. The Morgan fingerprint density at radius 2 is 1.79 bits per heavy atom. The van der Waals surface area contributed by atoms with Crippen molar-refractivity contribution in [1.29, 1.82) is 0 Å². The molecule has 0 saturated carbocycles. The number of aromatic nitrogens is 2. The number of nitrogens with one attached hydrogen (secondary N) is 1. The van der Waals surface area contributed by atoms with E-state index in [2.05, 4.69) is 15.3 Å². The molecule has 2 aromatic heterocycles. The highest BCUT2D eigenvalue weighted by Crippen LogP contribution is 2.32. The Hall–Kier alpha value is -3.80. The standard InChI is InChI=1S/C22H18N4O2/c1-15(16-7-3-2-4-8-16)24-22-21(26(27)28)13-12-20(25-22)18-9-5-11-19-17(18)10-6-14-23-19/h2-15H,1H3,(H,24,25). The van der Waals surface area contributed by atoms with Crippen LogP contribution in [-0.2, 0) is 0 Å². The Morgan fingerprint density at radius 1 is 0.964 bits per heavy atom. The lowest BCUT2D eigenvalue weighted by atomic mass is 10.0. The Labute approximate surface area is 162 Å². The first kappa shape index (κ1) is 17.6. The van der Waals surface area contributed by atoms with Gasteiger partial charge in [0.1, 0.15) is 0 Å². The van der Waals surface area contributed by atoms with Gasteiger partial charge < -0.3 is 5.32 Å². The van der Waals surface area contributed by atoms with Gasteiger partial charge in [-0.05, 0) is 30.7 Å². The second-order valence-corrected chi connectivity index (χ2v) is 6.47. The molecule has 1 atom stereocenters. The van der Waals surface area contributed by atoms with E-state index in [9.17, 15) is 10.1 Å². The van der Waals surface area contributed by atoms with Gasteiger partial charge in [-0.3, -0.25) is 15.1 Å². The third-order valence-electron chi connectivity index (χ3n) is 4.65. The third kappa shape index (κ3) is 3.40. The number of anilines is 1. The van der Waals surface area contributed by atoms with Gasteiger partial charge in [-0.1, -0.05) is 48.5 Å². The number of hydrogen-bond donors (Lipinski definition) is 1. The van der Waals surface area contributed by atoms with Crippen LogP contribution < -0.4 is 5.32 Å². The molecule has 0 aliphatic carbocycles. The monoisotopic (exact) mass is 370 g/mol. The Morgan fingerprint density at radius 3 is 2.57 bits per heavy atom. The molecule has 1 unspecified atom stereocenters. The normalized spacial score (nSPS) is 11.9. The largest absolute Gasteiger partial charge is 0.358 e. The van der Waals surface area contributed by atoms with Crippen molar-refractivity contribution in [2.24, 2.45) is 0 Å². The lowest BCUT2D eigenvalue weighted by molar-refractivity contribution is -0.384. The van der Waals surface area contributed by atoms with Crippen molar-refractivity contribution < 1.29 is 4.92 Å². The van der Waals surface area contributed by atoms with E-state index in [-0.39, 0.29) is 17.5 Å². The number of pyridine rings is 2. The zero-order valence-electron chi connectivity index (χ0n) is 15.2. The lowest BCUT2D eigenvalue weighted by Crippen LogP contribution is -2.10. The number of benzene rings is 2. The number of nitrogens with zero attached hydrogens (tertiary/aromatic N) is 3. The summed E-state index contributed by atoms with van der Waals surface area (Å²) in [5, 5.41) is 15.7. The molecular formula is C22H18N4O2. The van der Waals surface area contributed by atoms with E-state index in [1.54, 1.807) is 12.3 Å². The van der Waals surface area contributed by atoms with Gasteiger partial charge in [0.2, 0.25) is 5.82 Å². The van der Waals surface area contributed by atoms with Gasteiger partial charge >= 0.3 is 5.69 Å². The second kappa shape index (κ2) is 7.44. The molecular weight excluding hydrogens is 352 g/mol. The second-order valence-electron chi connectivity index (χ2n) is 6.47. The van der Waals surface area contributed by atoms with Gasteiger partial charge in [-0.2, -0.15) is 0 Å². The van der Waals surface area contributed by atoms with E-state index in [1.807, 2.05) is 67.6 Å². The quantitative estimate of drug-likeness (QED) is 0.377. The smallest absolute Gasteiger partial charge is 0.311 e. The Kier molecular flexibility index (Phi) is 4.68. The van der Waals surface area contributed by atoms with E-state index in [4.69, 9.17) is 0 Å². The molecule has 0 aliphatic rings. The highest BCUT2D eigenvalue weighted by molar-refractivity contribution is 5.93. The topological polar surface area (TPSA) is 81.0 Å². The van der Waals surface area contributed by atoms with Crippen molar-refractivity contribution in [2.75, 3.05) is 5.32 Å². The maximum atomic E-state index is 11.5. The molecule has 0 saturated heterocycles. The van der Waals surface area contributed by atoms with Crippen LogP contribution in [-0.4, -0.2) is 14.9 Å². The minimum absolute atomic E-state index is 0.0510. The lowest BCUT2D eigenvalue weighted by Gasteiger charge is -2.16. The first-order valence-corrected chi connectivity index (χ1v) is 8.94. The molecule has 1 N–H and O–H groups in total. The van der Waals surface area contributed by atoms with Crippen molar-refractivity contribution in [1.82, 2.24) is 9.97 Å². The minimum Gasteiger partial charge on any atom is -0.358 e. The number of nitro groups is 1. The van der Waals surface area contributed by atoms with E-state index < -0.39 is 4.92 Å². The van der Waals surface area contributed by atoms with Crippen LogP contribution in [0.25, 0.3) is 22.2 Å². The van der Waals surface area contributed by atoms with Crippen LogP contribution in [0.3, 0.4) is 0 Å². The van der Waals surface area contributed by atoms with Crippen LogP contribution in [0.4, 0.5) is 11.5 Å². The van der Waals surface area contributed by atoms with Crippen molar-refractivity contribution in [3.63, 3.8) is 0 Å². The molecule has 2 aromatic carbocycles. The molecule has 0 bridgehead atoms. The molecule has 6 heteroatoms. The maximum Gasteiger partial charge on any atom is 0.311 e. The molecule has 28 heavy (non-hydrogen) atoms. The average Bonchev–Trinajstić information content (AvgIpc) is 2.73. The van der Waals surface area contributed by atoms with Gasteiger partial charge in [0, 0.05) is 23.2 Å². The summed E-state index contributed by atoms with van der Waals surface area (Å²) < 4.78 is 0. The van der Waals surface area contributed by atoms with Crippen LogP contribution in [0, 0.1) is 10.1 Å². The Bertz CT molecular complexity index is 1140. The number of rotatable bonds is 5. The molecule has 0 amide bonds. The van der Waals surface area contributed by atoms with Crippen molar-refractivity contribution in [2.45, 2.75) is 13.0 Å². The van der Waals surface area contributed by atoms with Crippen molar-refractivity contribution in [3.05, 3.63) is 94.7 Å². The fourth-order valence-electron chi connectivity index (χ4n) is 3.21. The fourth-order valence-corrected chi connectivity index (χ4v) is 3.21. The van der Waals surface area contributed by atoms with Crippen molar-refractivity contribution in [3.8, 4) is 11.3 Å². The molecule has 0 spiro atoms. The van der Waals surface area contributed by atoms with Gasteiger partial charge in [-0.25, -0.2) is 4.98 Å². The summed E-state index contributed by atoms with van der Waals surface area (Å²) >= 11 is 0. The van der Waals surface area contributed by atoms with Crippen LogP contribution in [0.1, 0.15) is 18.5 Å². The first-order chi connectivity index (χ1) is 13.6. The number of hydrogen-bond acceptors (Lipinski definition) is 5. The summed E-state index contributed by atoms with van der Waals surface area (Å²) in [6, 6.07) is 22.4. The van der Waals surface area contributed by atoms with Gasteiger partial charge in [0.05, 0.1) is 22.2 Å². The predicted molar refractivity (Wildman–Crippen MR) is 110 cm³/mol. The van der Waals surface area contributed by atoms with E-state index in [0.717, 1.165) is 22.0 Å². The van der Waals surface area contributed by atoms with E-state index in [0.29, 0.717) is 5.69 Å². The molecule has 0 aliphatic heterocycles. The van der Waals surface area contributed by atoms with Crippen LogP contribution >= 0.6 is 0 Å². The molecule has 138 valence electrons. The molecule has 4 aromatic rings. The molecule has 0 fully saturated rings. The number of fused-ring (bicyclic) bond motifs is 1. The summed E-state index contributed by atoms with van der Waals surface area (Å²) in [4.78, 5) is 20.1. The Balaban J connectivity index is 1.78. The van der Waals surface area contributed by atoms with Crippen LogP contribution in [0.15, 0.2) is 79.0 Å². The zero-order chi connectivity index (χ0) is 19.5. The zero-order valence-corrected chi connectivity index (χ0v) is 15.2. The van der Waals surface area contributed by atoms with Gasteiger partial charge in [-0.15, -0.1) is 0 Å². The van der Waals surface area contributed by atoms with Gasteiger partial charge in [0.25, 0.3) is 0 Å². The fraction of sp³-hybridized carbons (Fsp3) is 0.0909. The molecule has 6 nitrogen and oxygen atoms in total. The minimum atomic E-state index is -0.415. The SMILES string of the molecule is CC(Nc1nc(-c2cccc3ncccc23)ccc1[N+](=O)[O-])c1ccccc1. The molecule has 0 radical (unpaired) electrons. The van der Waals surface area contributed by atoms with E-state index in [1.165, 1.54) is 6.07 Å². The first-order valence-electron chi connectivity index (χ1n) is 8.94. The van der Waals surface area contributed by atoms with Crippen LogP contribution in [0.2, 0.25) is 0 Å². The average molecular weight is 370 g/mol. The summed E-state index contributed by atoms with van der Waals surface area (Å²) in [5.74, 6) is 0.250. The van der Waals surface area contributed by atoms with Crippen LogP contribution in [0.5, 0.6) is 0 Å². The summed E-state index contributed by atoms with van der Waals surface area (Å²) in [6.07, 6.45) is 1.74. The summed E-state index contributed by atoms with van der Waals surface area (Å²) in [7, 11) is 0. The highest BCUT2D eigenvalue weighted by atomic mass is 16.6. The summed E-state index contributed by atoms with van der Waals surface area (Å²) in [5.41, 5.74) is 3.37.